The first-order valence-electron chi connectivity index (χ1n) is 7.95. The molecule has 1 aliphatic heterocycles. The number of carbonyl (C=O) groups is 2. The number of nitrogens with one attached hydrogen (secondary N) is 1. The average Bonchev–Trinajstić information content (AvgIpc) is 3.06. The minimum atomic E-state index is -0.360. The van der Waals surface area contributed by atoms with Crippen molar-refractivity contribution in [2.24, 2.45) is 0 Å². The highest BCUT2D eigenvalue weighted by Crippen LogP contribution is 2.30. The zero-order chi connectivity index (χ0) is 19.0. The molecule has 0 atom stereocenters. The van der Waals surface area contributed by atoms with Crippen molar-refractivity contribution in [3.63, 3.8) is 0 Å². The number of carbonyl (C=O) groups excluding carboxylic acids is 2. The van der Waals surface area contributed by atoms with Crippen molar-refractivity contribution < 1.29 is 14.3 Å². The van der Waals surface area contributed by atoms with Crippen LogP contribution in [0.4, 0.5) is 0 Å². The Morgan fingerprint density at radius 2 is 2.04 bits per heavy atom. The standard InChI is InChI=1S/C19H18N2O3S2/c1-10-8-13(9-16-17(22)20-19(25)26-16)12(3)21(10)15-7-5-6-14(11(15)2)18(23)24-4/h5-9H,1-4H3,(H,20,22,25)/b16-9-. The predicted molar refractivity (Wildman–Crippen MR) is 108 cm³/mol. The molecule has 26 heavy (non-hydrogen) atoms. The minimum absolute atomic E-state index is 0.173. The fraction of sp³-hybridized carbons (Fsp3) is 0.211. The molecular weight excluding hydrogens is 368 g/mol. The molecule has 0 saturated carbocycles. The second-order valence-corrected chi connectivity index (χ2v) is 7.67. The topological polar surface area (TPSA) is 60.3 Å². The fourth-order valence-corrected chi connectivity index (χ4v) is 4.10. The quantitative estimate of drug-likeness (QED) is 0.495. The molecule has 1 N–H and O–H groups in total. The van der Waals surface area contributed by atoms with E-state index in [0.29, 0.717) is 14.8 Å². The van der Waals surface area contributed by atoms with Gasteiger partial charge in [-0.05, 0) is 56.2 Å². The van der Waals surface area contributed by atoms with Crippen molar-refractivity contribution in [3.05, 3.63) is 57.2 Å². The smallest absolute Gasteiger partial charge is 0.338 e. The number of hydrogen-bond donors (Lipinski definition) is 1. The van der Waals surface area contributed by atoms with Gasteiger partial charge in [-0.15, -0.1) is 0 Å². The summed E-state index contributed by atoms with van der Waals surface area (Å²) >= 11 is 6.30. The second-order valence-electron chi connectivity index (χ2n) is 5.96. The van der Waals surface area contributed by atoms with Gasteiger partial charge in [0.15, 0.2) is 0 Å². The summed E-state index contributed by atoms with van der Waals surface area (Å²) in [5, 5.41) is 2.62. The van der Waals surface area contributed by atoms with Crippen LogP contribution in [0.2, 0.25) is 0 Å². The van der Waals surface area contributed by atoms with Crippen molar-refractivity contribution in [2.45, 2.75) is 20.8 Å². The maximum Gasteiger partial charge on any atom is 0.338 e. The maximum absolute atomic E-state index is 12.0. The van der Waals surface area contributed by atoms with Gasteiger partial charge in [-0.25, -0.2) is 4.79 Å². The second kappa shape index (κ2) is 7.09. The molecule has 2 aromatic rings. The van der Waals surface area contributed by atoms with Gasteiger partial charge in [0, 0.05) is 17.1 Å². The van der Waals surface area contributed by atoms with Crippen LogP contribution in [0.15, 0.2) is 29.2 Å². The molecule has 0 unspecified atom stereocenters. The van der Waals surface area contributed by atoms with Crippen LogP contribution in [0.5, 0.6) is 0 Å². The molecule has 1 aliphatic rings. The summed E-state index contributed by atoms with van der Waals surface area (Å²) < 4.78 is 7.41. The summed E-state index contributed by atoms with van der Waals surface area (Å²) in [5.41, 5.74) is 5.21. The number of thioether (sulfide) groups is 1. The molecular formula is C19H18N2O3S2. The predicted octanol–water partition coefficient (Wildman–Crippen LogP) is 3.68. The van der Waals surface area contributed by atoms with E-state index in [1.807, 2.05) is 45.0 Å². The summed E-state index contributed by atoms with van der Waals surface area (Å²) in [4.78, 5) is 24.5. The lowest BCUT2D eigenvalue weighted by atomic mass is 10.1. The van der Waals surface area contributed by atoms with Crippen LogP contribution >= 0.6 is 24.0 Å². The zero-order valence-corrected chi connectivity index (χ0v) is 16.5. The van der Waals surface area contributed by atoms with E-state index >= 15 is 0 Å². The Hall–Kier alpha value is -2.38. The van der Waals surface area contributed by atoms with E-state index in [0.717, 1.165) is 28.2 Å². The van der Waals surface area contributed by atoms with Gasteiger partial charge in [0.05, 0.1) is 17.6 Å². The lowest BCUT2D eigenvalue weighted by Crippen LogP contribution is -2.17. The van der Waals surface area contributed by atoms with Crippen molar-refractivity contribution >= 4 is 46.3 Å². The summed E-state index contributed by atoms with van der Waals surface area (Å²) in [7, 11) is 1.37. The van der Waals surface area contributed by atoms with Crippen LogP contribution in [0.1, 0.15) is 32.9 Å². The Bertz CT molecular complexity index is 973. The molecule has 3 rings (SSSR count). The number of benzene rings is 1. The van der Waals surface area contributed by atoms with E-state index in [9.17, 15) is 9.59 Å². The van der Waals surface area contributed by atoms with Gasteiger partial charge >= 0.3 is 5.97 Å². The van der Waals surface area contributed by atoms with Crippen LogP contribution in [0.3, 0.4) is 0 Å². The Labute approximate surface area is 161 Å². The minimum Gasteiger partial charge on any atom is -0.465 e. The van der Waals surface area contributed by atoms with Crippen LogP contribution in [0.25, 0.3) is 11.8 Å². The van der Waals surface area contributed by atoms with E-state index in [1.54, 1.807) is 6.07 Å². The lowest BCUT2D eigenvalue weighted by molar-refractivity contribution is -0.115. The van der Waals surface area contributed by atoms with Gasteiger partial charge < -0.3 is 14.6 Å². The van der Waals surface area contributed by atoms with Crippen molar-refractivity contribution in [2.75, 3.05) is 7.11 Å². The van der Waals surface area contributed by atoms with Crippen LogP contribution in [-0.2, 0) is 9.53 Å². The van der Waals surface area contributed by atoms with Crippen LogP contribution in [-0.4, -0.2) is 27.9 Å². The fourth-order valence-electron chi connectivity index (χ4n) is 3.06. The Morgan fingerprint density at radius 3 is 2.65 bits per heavy atom. The van der Waals surface area contributed by atoms with Gasteiger partial charge in [-0.3, -0.25) is 4.79 Å². The monoisotopic (exact) mass is 386 g/mol. The lowest BCUT2D eigenvalue weighted by Gasteiger charge is -2.15. The number of nitrogens with zero attached hydrogens (tertiary/aromatic N) is 1. The molecule has 1 aromatic carbocycles. The highest BCUT2D eigenvalue weighted by molar-refractivity contribution is 8.26. The van der Waals surface area contributed by atoms with Gasteiger partial charge in [0.2, 0.25) is 0 Å². The molecule has 5 nitrogen and oxygen atoms in total. The first-order valence-corrected chi connectivity index (χ1v) is 9.18. The average molecular weight is 386 g/mol. The Balaban J connectivity index is 2.10. The Kier molecular flexibility index (Phi) is 5.02. The summed E-state index contributed by atoms with van der Waals surface area (Å²) in [5.74, 6) is -0.532. The number of esters is 1. The molecule has 1 aromatic heterocycles. The SMILES string of the molecule is COC(=O)c1cccc(-n2c(C)cc(/C=C3\SC(=S)NC3=O)c2C)c1C. The number of rotatable bonds is 3. The molecule has 0 spiro atoms. The third-order valence-corrected chi connectivity index (χ3v) is 5.51. The van der Waals surface area contributed by atoms with E-state index in [2.05, 4.69) is 9.88 Å². The first-order chi connectivity index (χ1) is 12.3. The summed E-state index contributed by atoms with van der Waals surface area (Å²) in [6.45, 7) is 5.88. The third kappa shape index (κ3) is 3.20. The number of aryl methyl sites for hydroxylation is 1. The van der Waals surface area contributed by atoms with Crippen LogP contribution < -0.4 is 5.32 Å². The maximum atomic E-state index is 12.0. The van der Waals surface area contributed by atoms with Crippen molar-refractivity contribution in [1.29, 1.82) is 0 Å². The molecule has 0 aliphatic carbocycles. The molecule has 2 heterocycles. The molecule has 134 valence electrons. The molecule has 1 saturated heterocycles. The largest absolute Gasteiger partial charge is 0.465 e. The highest BCUT2D eigenvalue weighted by atomic mass is 32.2. The number of aromatic nitrogens is 1. The summed E-state index contributed by atoms with van der Waals surface area (Å²) in [6, 6.07) is 7.57. The van der Waals surface area contributed by atoms with Crippen molar-refractivity contribution in [3.8, 4) is 5.69 Å². The molecule has 7 heteroatoms. The number of hydrogen-bond acceptors (Lipinski definition) is 5. The van der Waals surface area contributed by atoms with E-state index in [4.69, 9.17) is 17.0 Å². The van der Waals surface area contributed by atoms with E-state index in [1.165, 1.54) is 18.9 Å². The zero-order valence-electron chi connectivity index (χ0n) is 14.9. The molecule has 0 bridgehead atoms. The number of thiocarbonyl (C=S) groups is 1. The number of ether oxygens (including phenoxy) is 1. The van der Waals surface area contributed by atoms with Gasteiger partial charge in [0.1, 0.15) is 4.32 Å². The third-order valence-electron chi connectivity index (χ3n) is 4.35. The molecule has 1 fully saturated rings. The van der Waals surface area contributed by atoms with Gasteiger partial charge in [-0.2, -0.15) is 0 Å². The number of methoxy groups -OCH3 is 1. The van der Waals surface area contributed by atoms with Crippen LogP contribution in [0, 0.1) is 20.8 Å². The molecule has 0 radical (unpaired) electrons. The molecule has 1 amide bonds. The normalized spacial score (nSPS) is 15.5. The van der Waals surface area contributed by atoms with Gasteiger partial charge in [0.25, 0.3) is 5.91 Å². The summed E-state index contributed by atoms with van der Waals surface area (Å²) in [6.07, 6.45) is 1.84. The first kappa shape index (κ1) is 18.4. The van der Waals surface area contributed by atoms with E-state index in [-0.39, 0.29) is 11.9 Å². The van der Waals surface area contributed by atoms with Crippen molar-refractivity contribution in [1.82, 2.24) is 9.88 Å². The Morgan fingerprint density at radius 1 is 1.31 bits per heavy atom. The van der Waals surface area contributed by atoms with Gasteiger partial charge in [-0.1, -0.05) is 30.0 Å². The van der Waals surface area contributed by atoms with E-state index < -0.39 is 0 Å². The number of amides is 1. The highest BCUT2D eigenvalue weighted by Gasteiger charge is 2.23.